The summed E-state index contributed by atoms with van der Waals surface area (Å²) in [5.41, 5.74) is 3.41. The van der Waals surface area contributed by atoms with Crippen LogP contribution in [0.3, 0.4) is 0 Å². The van der Waals surface area contributed by atoms with Crippen molar-refractivity contribution in [2.24, 2.45) is 0 Å². The minimum Gasteiger partial charge on any atom is -0.496 e. The number of benzene rings is 2. The van der Waals surface area contributed by atoms with Gasteiger partial charge in [0.25, 0.3) is 0 Å². The normalized spacial score (nSPS) is 19.1. The molecule has 3 rings (SSSR count). The van der Waals surface area contributed by atoms with Gasteiger partial charge in [0.1, 0.15) is 5.75 Å². The van der Waals surface area contributed by atoms with Crippen molar-refractivity contribution in [3.05, 3.63) is 53.1 Å². The Kier molecular flexibility index (Phi) is 4.70. The number of hydrogen-bond donors (Lipinski definition) is 0. The third kappa shape index (κ3) is 2.99. The molecule has 0 saturated carbocycles. The maximum atomic E-state index is 6.81. The second kappa shape index (κ2) is 6.72. The maximum Gasteiger partial charge on any atom is 0.123 e. The summed E-state index contributed by atoms with van der Waals surface area (Å²) in [7, 11) is 3.90. The molecular formula is C19H22ClNO. The van der Waals surface area contributed by atoms with Gasteiger partial charge in [-0.3, -0.25) is 0 Å². The number of likely N-dealkylation sites (N-methyl/N-ethyl adjacent to an activating group) is 1. The van der Waals surface area contributed by atoms with Gasteiger partial charge in [-0.15, -0.1) is 0 Å². The van der Waals surface area contributed by atoms with Crippen LogP contribution in [0.4, 0.5) is 0 Å². The average molecular weight is 316 g/mol. The molecule has 1 saturated heterocycles. The van der Waals surface area contributed by atoms with Gasteiger partial charge >= 0.3 is 0 Å². The van der Waals surface area contributed by atoms with E-state index in [4.69, 9.17) is 16.3 Å². The van der Waals surface area contributed by atoms with Crippen molar-refractivity contribution in [3.63, 3.8) is 0 Å². The molecule has 2 nitrogen and oxygen atoms in total. The van der Waals surface area contributed by atoms with E-state index in [0.717, 1.165) is 40.6 Å². The lowest BCUT2D eigenvalue weighted by atomic mass is 9.88. The van der Waals surface area contributed by atoms with Crippen LogP contribution in [0.25, 0.3) is 11.1 Å². The van der Waals surface area contributed by atoms with E-state index in [1.807, 2.05) is 18.2 Å². The lowest BCUT2D eigenvalue weighted by molar-refractivity contribution is 0.247. The van der Waals surface area contributed by atoms with E-state index in [-0.39, 0.29) is 0 Å². The largest absolute Gasteiger partial charge is 0.496 e. The van der Waals surface area contributed by atoms with Gasteiger partial charge in [-0.25, -0.2) is 0 Å². The molecule has 0 aromatic heterocycles. The molecule has 1 unspecified atom stereocenters. The number of ether oxygens (including phenoxy) is 1. The van der Waals surface area contributed by atoms with Crippen molar-refractivity contribution >= 4 is 11.6 Å². The molecule has 0 radical (unpaired) electrons. The van der Waals surface area contributed by atoms with E-state index < -0.39 is 0 Å². The second-order valence-corrected chi connectivity index (χ2v) is 6.39. The van der Waals surface area contributed by atoms with E-state index >= 15 is 0 Å². The van der Waals surface area contributed by atoms with Crippen molar-refractivity contribution in [1.29, 1.82) is 0 Å². The number of nitrogens with zero attached hydrogens (tertiary/aromatic N) is 1. The van der Waals surface area contributed by atoms with Crippen LogP contribution >= 0.6 is 11.6 Å². The fourth-order valence-electron chi connectivity index (χ4n) is 3.38. The first kappa shape index (κ1) is 15.4. The summed E-state index contributed by atoms with van der Waals surface area (Å²) in [5.74, 6) is 1.34. The van der Waals surface area contributed by atoms with E-state index in [1.165, 1.54) is 12.8 Å². The van der Waals surface area contributed by atoms with Crippen LogP contribution in [-0.2, 0) is 0 Å². The zero-order chi connectivity index (χ0) is 15.5. The molecule has 1 fully saturated rings. The number of rotatable bonds is 3. The fourth-order valence-corrected chi connectivity index (χ4v) is 3.80. The lowest BCUT2D eigenvalue weighted by Crippen LogP contribution is -2.31. The van der Waals surface area contributed by atoms with Gasteiger partial charge in [-0.05, 0) is 44.1 Å². The first-order valence-corrected chi connectivity index (χ1v) is 8.19. The number of piperidine rings is 1. The SMILES string of the molecule is COc1ccc(-c2ccccc2)c(Cl)c1C1CCCN(C)C1. The molecule has 116 valence electrons. The van der Waals surface area contributed by atoms with Crippen molar-refractivity contribution in [2.75, 3.05) is 27.2 Å². The first-order valence-electron chi connectivity index (χ1n) is 7.81. The molecule has 0 N–H and O–H groups in total. The summed E-state index contributed by atoms with van der Waals surface area (Å²) in [5, 5.41) is 0.839. The molecule has 2 aromatic rings. The van der Waals surface area contributed by atoms with Crippen LogP contribution in [0.2, 0.25) is 5.02 Å². The Morgan fingerprint density at radius 1 is 1.14 bits per heavy atom. The van der Waals surface area contributed by atoms with Crippen molar-refractivity contribution < 1.29 is 4.74 Å². The predicted molar refractivity (Wildman–Crippen MR) is 92.9 cm³/mol. The van der Waals surface area contributed by atoms with Crippen LogP contribution in [0.5, 0.6) is 5.75 Å². The van der Waals surface area contributed by atoms with Gasteiger partial charge in [-0.2, -0.15) is 0 Å². The quantitative estimate of drug-likeness (QED) is 0.804. The monoisotopic (exact) mass is 315 g/mol. The van der Waals surface area contributed by atoms with E-state index in [0.29, 0.717) is 5.92 Å². The molecular weight excluding hydrogens is 294 g/mol. The van der Waals surface area contributed by atoms with Gasteiger partial charge in [0.2, 0.25) is 0 Å². The van der Waals surface area contributed by atoms with Crippen LogP contribution in [-0.4, -0.2) is 32.1 Å². The molecule has 0 amide bonds. The molecule has 2 aromatic carbocycles. The Hall–Kier alpha value is -1.51. The average Bonchev–Trinajstić information content (AvgIpc) is 2.55. The Morgan fingerprint density at radius 2 is 1.91 bits per heavy atom. The zero-order valence-electron chi connectivity index (χ0n) is 13.2. The Bertz CT molecular complexity index is 641. The highest BCUT2D eigenvalue weighted by atomic mass is 35.5. The summed E-state index contributed by atoms with van der Waals surface area (Å²) >= 11 is 6.81. The molecule has 3 heteroatoms. The third-order valence-corrected chi connectivity index (χ3v) is 4.88. The summed E-state index contributed by atoms with van der Waals surface area (Å²) < 4.78 is 5.60. The number of hydrogen-bond acceptors (Lipinski definition) is 2. The fraction of sp³-hybridized carbons (Fsp3) is 0.368. The Labute approximate surface area is 137 Å². The predicted octanol–water partition coefficient (Wildman–Crippen LogP) is 4.82. The summed E-state index contributed by atoms with van der Waals surface area (Å²) in [6, 6.07) is 14.4. The lowest BCUT2D eigenvalue weighted by Gasteiger charge is -2.31. The van der Waals surface area contributed by atoms with E-state index in [1.54, 1.807) is 7.11 Å². The topological polar surface area (TPSA) is 12.5 Å². The minimum atomic E-state index is 0.435. The molecule has 1 heterocycles. The van der Waals surface area contributed by atoms with Crippen molar-refractivity contribution in [3.8, 4) is 16.9 Å². The Balaban J connectivity index is 2.07. The van der Waals surface area contributed by atoms with Gasteiger partial charge in [0.05, 0.1) is 12.1 Å². The second-order valence-electron chi connectivity index (χ2n) is 6.01. The molecule has 0 bridgehead atoms. The smallest absolute Gasteiger partial charge is 0.123 e. The summed E-state index contributed by atoms with van der Waals surface area (Å²) in [4.78, 5) is 2.37. The molecule has 0 aliphatic carbocycles. The van der Waals surface area contributed by atoms with Crippen molar-refractivity contribution in [1.82, 2.24) is 4.90 Å². The van der Waals surface area contributed by atoms with Crippen molar-refractivity contribution in [2.45, 2.75) is 18.8 Å². The van der Waals surface area contributed by atoms with E-state index in [2.05, 4.69) is 36.2 Å². The number of likely N-dealkylation sites (tertiary alicyclic amines) is 1. The highest BCUT2D eigenvalue weighted by Gasteiger charge is 2.25. The van der Waals surface area contributed by atoms with Crippen LogP contribution in [0, 0.1) is 0 Å². The standard InChI is InChI=1S/C19H22ClNO/c1-21-12-6-9-15(13-21)18-17(22-2)11-10-16(19(18)20)14-7-4-3-5-8-14/h3-5,7-8,10-11,15H,6,9,12-13H2,1-2H3. The zero-order valence-corrected chi connectivity index (χ0v) is 13.9. The summed E-state index contributed by atoms with van der Waals surface area (Å²) in [6.07, 6.45) is 2.37. The van der Waals surface area contributed by atoms with Gasteiger partial charge in [0, 0.05) is 23.6 Å². The molecule has 1 aliphatic heterocycles. The van der Waals surface area contributed by atoms with Crippen LogP contribution in [0.15, 0.2) is 42.5 Å². The molecule has 1 aliphatic rings. The van der Waals surface area contributed by atoms with Crippen LogP contribution in [0.1, 0.15) is 24.3 Å². The number of halogens is 1. The molecule has 0 spiro atoms. The maximum absolute atomic E-state index is 6.81. The highest BCUT2D eigenvalue weighted by Crippen LogP contribution is 2.42. The summed E-state index contributed by atoms with van der Waals surface area (Å²) in [6.45, 7) is 2.20. The Morgan fingerprint density at radius 3 is 2.59 bits per heavy atom. The van der Waals surface area contributed by atoms with Gasteiger partial charge in [0.15, 0.2) is 0 Å². The minimum absolute atomic E-state index is 0.435. The first-order chi connectivity index (χ1) is 10.7. The van der Waals surface area contributed by atoms with Gasteiger partial charge in [-0.1, -0.05) is 41.9 Å². The highest BCUT2D eigenvalue weighted by molar-refractivity contribution is 6.34. The van der Waals surface area contributed by atoms with E-state index in [9.17, 15) is 0 Å². The van der Waals surface area contributed by atoms with Crippen LogP contribution < -0.4 is 4.74 Å². The molecule has 22 heavy (non-hydrogen) atoms. The molecule has 1 atom stereocenters. The third-order valence-electron chi connectivity index (χ3n) is 4.48. The van der Waals surface area contributed by atoms with Gasteiger partial charge < -0.3 is 9.64 Å². The number of methoxy groups -OCH3 is 1.